The molecule has 9 heteroatoms. The van der Waals surface area contributed by atoms with E-state index in [2.05, 4.69) is 25.6 Å². The fourth-order valence-corrected chi connectivity index (χ4v) is 4.20. The topological polar surface area (TPSA) is 94.8 Å². The van der Waals surface area contributed by atoms with Gasteiger partial charge >= 0.3 is 0 Å². The number of ether oxygens (including phenoxy) is 1. The third kappa shape index (κ3) is 4.12. The maximum atomic E-state index is 13.3. The van der Waals surface area contributed by atoms with Crippen molar-refractivity contribution in [2.75, 3.05) is 5.32 Å². The average Bonchev–Trinajstić information content (AvgIpc) is 3.15. The van der Waals surface area contributed by atoms with Crippen LogP contribution in [0.25, 0.3) is 17.2 Å². The van der Waals surface area contributed by atoms with E-state index < -0.39 is 0 Å². The van der Waals surface area contributed by atoms with Crippen molar-refractivity contribution in [3.63, 3.8) is 0 Å². The highest BCUT2D eigenvalue weighted by Crippen LogP contribution is 2.40. The number of rotatable bonds is 5. The highest BCUT2D eigenvalue weighted by atomic mass is 19.1. The van der Waals surface area contributed by atoms with Gasteiger partial charge in [0.2, 0.25) is 5.91 Å². The summed E-state index contributed by atoms with van der Waals surface area (Å²) in [5.74, 6) is 0.831. The Morgan fingerprint density at radius 3 is 2.74 bits per heavy atom. The summed E-state index contributed by atoms with van der Waals surface area (Å²) in [5, 5.41) is 15.8. The molecule has 0 unspecified atom stereocenters. The molecule has 34 heavy (non-hydrogen) atoms. The Balaban J connectivity index is 1.57. The van der Waals surface area contributed by atoms with Crippen LogP contribution in [0, 0.1) is 12.7 Å². The molecule has 0 saturated carbocycles. The molecule has 2 aromatic heterocycles. The molecule has 172 valence electrons. The second-order valence-corrected chi connectivity index (χ2v) is 8.45. The highest BCUT2D eigenvalue weighted by Gasteiger charge is 2.33. The molecular formula is C25H23FN6O2. The fourth-order valence-electron chi connectivity index (χ4n) is 4.20. The first-order valence-electron chi connectivity index (χ1n) is 11.0. The van der Waals surface area contributed by atoms with E-state index in [4.69, 9.17) is 4.74 Å². The lowest BCUT2D eigenvalue weighted by Gasteiger charge is -2.24. The quantitative estimate of drug-likeness (QED) is 0.475. The first kappa shape index (κ1) is 21.7. The molecule has 4 aromatic rings. The predicted molar refractivity (Wildman–Crippen MR) is 124 cm³/mol. The Hall–Kier alpha value is -4.14. The van der Waals surface area contributed by atoms with Crippen molar-refractivity contribution in [2.45, 2.75) is 39.2 Å². The molecule has 0 saturated heterocycles. The van der Waals surface area contributed by atoms with Crippen molar-refractivity contribution in [3.05, 3.63) is 77.4 Å². The number of halogens is 1. The number of hydrogen-bond acceptors (Lipinski definition) is 6. The zero-order valence-electron chi connectivity index (χ0n) is 19.0. The van der Waals surface area contributed by atoms with E-state index in [0.29, 0.717) is 23.5 Å². The molecule has 0 spiro atoms. The van der Waals surface area contributed by atoms with E-state index in [0.717, 1.165) is 22.6 Å². The maximum Gasteiger partial charge on any atom is 0.272 e. The van der Waals surface area contributed by atoms with Gasteiger partial charge in [-0.25, -0.2) is 9.37 Å². The SMILES string of the molecule is Cc1nn(-c2nncc(-c3ccc(F)cc3)n2)c2c1[C@H](c1cccc(OC(C)C)c1)CC(=O)N2. The summed E-state index contributed by atoms with van der Waals surface area (Å²) < 4.78 is 20.7. The van der Waals surface area contributed by atoms with E-state index in [-0.39, 0.29) is 29.7 Å². The Bertz CT molecular complexity index is 1370. The van der Waals surface area contributed by atoms with Crippen LogP contribution in [0.1, 0.15) is 43.0 Å². The number of carbonyl (C=O) groups is 1. The van der Waals surface area contributed by atoms with Gasteiger partial charge in [0.15, 0.2) is 0 Å². The molecule has 0 radical (unpaired) electrons. The van der Waals surface area contributed by atoms with Crippen molar-refractivity contribution in [1.29, 1.82) is 0 Å². The van der Waals surface area contributed by atoms with Crippen molar-refractivity contribution in [1.82, 2.24) is 25.0 Å². The third-order valence-corrected chi connectivity index (χ3v) is 5.61. The number of amides is 1. The Labute approximate surface area is 195 Å². The molecule has 1 aliphatic rings. The van der Waals surface area contributed by atoms with Crippen LogP contribution >= 0.6 is 0 Å². The van der Waals surface area contributed by atoms with Gasteiger partial charge in [-0.2, -0.15) is 14.9 Å². The Morgan fingerprint density at radius 1 is 1.18 bits per heavy atom. The lowest BCUT2D eigenvalue weighted by Crippen LogP contribution is -2.25. The monoisotopic (exact) mass is 458 g/mol. The number of anilines is 1. The van der Waals surface area contributed by atoms with Gasteiger partial charge in [0.1, 0.15) is 17.4 Å². The summed E-state index contributed by atoms with van der Waals surface area (Å²) in [6.45, 7) is 5.84. The molecule has 0 bridgehead atoms. The smallest absolute Gasteiger partial charge is 0.272 e. The number of carbonyl (C=O) groups excluding carboxylic acids is 1. The summed E-state index contributed by atoms with van der Waals surface area (Å²) in [6.07, 6.45) is 1.84. The number of nitrogens with zero attached hydrogens (tertiary/aromatic N) is 5. The van der Waals surface area contributed by atoms with E-state index in [1.165, 1.54) is 23.0 Å². The van der Waals surface area contributed by atoms with Crippen LogP contribution in [0.3, 0.4) is 0 Å². The molecule has 2 aromatic carbocycles. The van der Waals surface area contributed by atoms with Gasteiger partial charge in [0.25, 0.3) is 5.95 Å². The van der Waals surface area contributed by atoms with Crippen LogP contribution in [0.5, 0.6) is 5.75 Å². The molecule has 1 atom stereocenters. The van der Waals surface area contributed by atoms with Crippen LogP contribution in [0.15, 0.2) is 54.7 Å². The van der Waals surface area contributed by atoms with E-state index >= 15 is 0 Å². The van der Waals surface area contributed by atoms with Crippen molar-refractivity contribution in [3.8, 4) is 23.0 Å². The molecule has 1 aliphatic heterocycles. The van der Waals surface area contributed by atoms with Gasteiger partial charge in [-0.3, -0.25) is 4.79 Å². The third-order valence-electron chi connectivity index (χ3n) is 5.61. The van der Waals surface area contributed by atoms with Gasteiger partial charge in [-0.05, 0) is 62.7 Å². The summed E-state index contributed by atoms with van der Waals surface area (Å²) >= 11 is 0. The summed E-state index contributed by atoms with van der Waals surface area (Å²) in [5.41, 5.74) is 3.84. The zero-order chi connectivity index (χ0) is 23.8. The van der Waals surface area contributed by atoms with Crippen LogP contribution in [0.4, 0.5) is 10.2 Å². The summed E-state index contributed by atoms with van der Waals surface area (Å²) in [7, 11) is 0. The van der Waals surface area contributed by atoms with E-state index in [1.54, 1.807) is 12.1 Å². The maximum absolute atomic E-state index is 13.3. The number of aromatic nitrogens is 5. The number of hydrogen-bond donors (Lipinski definition) is 1. The van der Waals surface area contributed by atoms with Gasteiger partial charge in [0.05, 0.1) is 23.7 Å². The average molecular weight is 458 g/mol. The van der Waals surface area contributed by atoms with Crippen molar-refractivity contribution in [2.24, 2.45) is 0 Å². The van der Waals surface area contributed by atoms with Gasteiger partial charge in [-0.1, -0.05) is 12.1 Å². The molecule has 3 heterocycles. The van der Waals surface area contributed by atoms with E-state index in [9.17, 15) is 9.18 Å². The number of fused-ring (bicyclic) bond motifs is 1. The van der Waals surface area contributed by atoms with Crippen LogP contribution in [-0.2, 0) is 4.79 Å². The Morgan fingerprint density at radius 2 is 1.97 bits per heavy atom. The molecule has 8 nitrogen and oxygen atoms in total. The summed E-state index contributed by atoms with van der Waals surface area (Å²) in [6, 6.07) is 13.8. The molecule has 0 fully saturated rings. The van der Waals surface area contributed by atoms with E-state index in [1.807, 2.05) is 45.0 Å². The lowest BCUT2D eigenvalue weighted by molar-refractivity contribution is -0.116. The fraction of sp³-hybridized carbons (Fsp3) is 0.240. The number of aryl methyl sites for hydroxylation is 1. The van der Waals surface area contributed by atoms with Gasteiger partial charge in [-0.15, -0.1) is 5.10 Å². The normalized spacial score (nSPS) is 15.2. The largest absolute Gasteiger partial charge is 0.491 e. The molecule has 1 amide bonds. The standard InChI is InChI=1S/C25H23FN6O2/c1-14(2)34-19-6-4-5-17(11-19)20-12-22(33)29-24-23(20)15(3)31-32(24)25-28-21(13-27-30-25)16-7-9-18(26)10-8-16/h4-11,13-14,20H,12H2,1-3H3,(H,29,33)/t20-/m0/s1. The first-order valence-corrected chi connectivity index (χ1v) is 11.0. The molecular weight excluding hydrogens is 435 g/mol. The number of benzene rings is 2. The van der Waals surface area contributed by atoms with Crippen LogP contribution < -0.4 is 10.1 Å². The van der Waals surface area contributed by atoms with Crippen LogP contribution in [-0.4, -0.2) is 37.0 Å². The molecule has 0 aliphatic carbocycles. The van der Waals surface area contributed by atoms with Gasteiger partial charge in [0, 0.05) is 23.5 Å². The van der Waals surface area contributed by atoms with Crippen molar-refractivity contribution >= 4 is 11.7 Å². The van der Waals surface area contributed by atoms with Crippen molar-refractivity contribution < 1.29 is 13.9 Å². The highest BCUT2D eigenvalue weighted by molar-refractivity contribution is 5.95. The molecule has 1 N–H and O–H groups in total. The minimum Gasteiger partial charge on any atom is -0.491 e. The zero-order valence-corrected chi connectivity index (χ0v) is 19.0. The lowest BCUT2D eigenvalue weighted by atomic mass is 9.86. The predicted octanol–water partition coefficient (Wildman–Crippen LogP) is 4.43. The second-order valence-electron chi connectivity index (χ2n) is 8.45. The molecule has 5 rings (SSSR count). The minimum absolute atomic E-state index is 0.0444. The van der Waals surface area contributed by atoms with Crippen LogP contribution in [0.2, 0.25) is 0 Å². The first-order chi connectivity index (χ1) is 16.4. The summed E-state index contributed by atoms with van der Waals surface area (Å²) in [4.78, 5) is 17.3. The minimum atomic E-state index is -0.334. The van der Waals surface area contributed by atoms with Gasteiger partial charge < -0.3 is 10.1 Å². The Kier molecular flexibility index (Phi) is 5.53. The second kappa shape index (κ2) is 8.66. The number of nitrogens with one attached hydrogen (secondary N) is 1.